The highest BCUT2D eigenvalue weighted by molar-refractivity contribution is 9.10. The Bertz CT molecular complexity index is 511. The highest BCUT2D eigenvalue weighted by Crippen LogP contribution is 2.22. The van der Waals surface area contributed by atoms with Gasteiger partial charge >= 0.3 is 0 Å². The van der Waals surface area contributed by atoms with Crippen LogP contribution in [0.1, 0.15) is 5.56 Å². The molecule has 0 aromatic heterocycles. The first-order chi connectivity index (χ1) is 8.15. The fourth-order valence-electron chi connectivity index (χ4n) is 1.43. The predicted molar refractivity (Wildman–Crippen MR) is 80.6 cm³/mol. The van der Waals surface area contributed by atoms with E-state index in [1.54, 1.807) is 0 Å². The van der Waals surface area contributed by atoms with Crippen LogP contribution in [-0.2, 0) is 6.54 Å². The molecule has 0 unspecified atom stereocenters. The SMILES string of the molecule is Clc1cc(Br)ccc1CNc1ccc(Br)cc1. The molecular weight excluding hydrogens is 365 g/mol. The Balaban J connectivity index is 2.04. The van der Waals surface area contributed by atoms with E-state index in [1.807, 2.05) is 42.5 Å². The molecule has 88 valence electrons. The molecule has 2 aromatic carbocycles. The minimum absolute atomic E-state index is 0.716. The van der Waals surface area contributed by atoms with E-state index >= 15 is 0 Å². The topological polar surface area (TPSA) is 12.0 Å². The molecule has 2 rings (SSSR count). The standard InChI is InChI=1S/C13H10Br2ClN/c14-10-3-5-12(6-4-10)17-8-9-1-2-11(15)7-13(9)16/h1-7,17H,8H2. The van der Waals surface area contributed by atoms with E-state index in [2.05, 4.69) is 37.2 Å². The van der Waals surface area contributed by atoms with Crippen LogP contribution < -0.4 is 5.32 Å². The minimum atomic E-state index is 0.716. The number of benzene rings is 2. The van der Waals surface area contributed by atoms with Crippen LogP contribution in [0, 0.1) is 0 Å². The fourth-order valence-corrected chi connectivity index (χ4v) is 2.43. The summed E-state index contributed by atoms with van der Waals surface area (Å²) in [5.74, 6) is 0. The zero-order valence-corrected chi connectivity index (χ0v) is 12.8. The molecular formula is C13H10Br2ClN. The number of anilines is 1. The van der Waals surface area contributed by atoms with Gasteiger partial charge in [-0.1, -0.05) is 49.5 Å². The number of nitrogens with one attached hydrogen (secondary N) is 1. The number of rotatable bonds is 3. The number of halogens is 3. The average Bonchev–Trinajstić information content (AvgIpc) is 2.30. The van der Waals surface area contributed by atoms with Gasteiger partial charge in [0.25, 0.3) is 0 Å². The summed E-state index contributed by atoms with van der Waals surface area (Å²) < 4.78 is 2.07. The van der Waals surface area contributed by atoms with Gasteiger partial charge in [-0.3, -0.25) is 0 Å². The Kier molecular flexibility index (Phi) is 4.48. The van der Waals surface area contributed by atoms with Crippen molar-refractivity contribution in [1.82, 2.24) is 0 Å². The summed E-state index contributed by atoms with van der Waals surface area (Å²) in [5, 5.41) is 4.10. The molecule has 0 radical (unpaired) electrons. The molecule has 1 nitrogen and oxygen atoms in total. The molecule has 0 saturated carbocycles. The smallest absolute Gasteiger partial charge is 0.0467 e. The van der Waals surface area contributed by atoms with Crippen LogP contribution in [0.15, 0.2) is 51.4 Å². The zero-order valence-electron chi connectivity index (χ0n) is 8.88. The molecule has 0 amide bonds. The lowest BCUT2D eigenvalue weighted by molar-refractivity contribution is 1.15. The predicted octanol–water partition coefficient (Wildman–Crippen LogP) is 5.48. The maximum atomic E-state index is 6.14. The van der Waals surface area contributed by atoms with E-state index in [0.717, 1.165) is 25.2 Å². The van der Waals surface area contributed by atoms with Crippen LogP contribution in [-0.4, -0.2) is 0 Å². The molecule has 0 aliphatic rings. The van der Waals surface area contributed by atoms with Gasteiger partial charge in [-0.05, 0) is 42.0 Å². The van der Waals surface area contributed by atoms with Gasteiger partial charge in [0.05, 0.1) is 0 Å². The zero-order chi connectivity index (χ0) is 12.3. The third kappa shape index (κ3) is 3.73. The van der Waals surface area contributed by atoms with Crippen LogP contribution in [0.25, 0.3) is 0 Å². The Hall–Kier alpha value is -0.510. The van der Waals surface area contributed by atoms with Crippen molar-refractivity contribution < 1.29 is 0 Å². The minimum Gasteiger partial charge on any atom is -0.381 e. The second kappa shape index (κ2) is 5.89. The third-order valence-electron chi connectivity index (χ3n) is 2.34. The maximum Gasteiger partial charge on any atom is 0.0467 e. The summed E-state index contributed by atoms with van der Waals surface area (Å²) in [7, 11) is 0. The quantitative estimate of drug-likeness (QED) is 0.749. The van der Waals surface area contributed by atoms with Crippen molar-refractivity contribution in [3.05, 3.63) is 62.0 Å². The summed E-state index contributed by atoms with van der Waals surface area (Å²) in [4.78, 5) is 0. The molecule has 0 atom stereocenters. The summed E-state index contributed by atoms with van der Waals surface area (Å²) >= 11 is 12.9. The molecule has 17 heavy (non-hydrogen) atoms. The van der Waals surface area contributed by atoms with Gasteiger partial charge in [-0.15, -0.1) is 0 Å². The summed E-state index contributed by atoms with van der Waals surface area (Å²) in [5.41, 5.74) is 2.16. The molecule has 0 saturated heterocycles. The average molecular weight is 375 g/mol. The molecule has 0 heterocycles. The molecule has 4 heteroatoms. The van der Waals surface area contributed by atoms with Crippen LogP contribution >= 0.6 is 43.5 Å². The van der Waals surface area contributed by atoms with Gasteiger partial charge in [0.1, 0.15) is 0 Å². The monoisotopic (exact) mass is 373 g/mol. The van der Waals surface area contributed by atoms with Gasteiger partial charge in [-0.25, -0.2) is 0 Å². The largest absolute Gasteiger partial charge is 0.381 e. The Morgan fingerprint density at radius 3 is 2.24 bits per heavy atom. The van der Waals surface area contributed by atoms with Crippen molar-refractivity contribution >= 4 is 49.1 Å². The van der Waals surface area contributed by atoms with Gasteiger partial charge in [-0.2, -0.15) is 0 Å². The summed E-state index contributed by atoms with van der Waals surface area (Å²) in [6.45, 7) is 0.716. The lowest BCUT2D eigenvalue weighted by atomic mass is 10.2. The van der Waals surface area contributed by atoms with E-state index in [-0.39, 0.29) is 0 Å². The Labute approximate surface area is 122 Å². The van der Waals surface area contributed by atoms with Crippen molar-refractivity contribution in [1.29, 1.82) is 0 Å². The van der Waals surface area contributed by atoms with Crippen LogP contribution in [0.4, 0.5) is 5.69 Å². The number of hydrogen-bond acceptors (Lipinski definition) is 1. The van der Waals surface area contributed by atoms with Crippen molar-refractivity contribution in [3.8, 4) is 0 Å². The van der Waals surface area contributed by atoms with Crippen molar-refractivity contribution in [2.45, 2.75) is 6.54 Å². The fraction of sp³-hybridized carbons (Fsp3) is 0.0769. The van der Waals surface area contributed by atoms with E-state index in [4.69, 9.17) is 11.6 Å². The van der Waals surface area contributed by atoms with Crippen LogP contribution in [0.2, 0.25) is 5.02 Å². The van der Waals surface area contributed by atoms with Gasteiger partial charge in [0, 0.05) is 26.2 Å². The first kappa shape index (κ1) is 12.9. The van der Waals surface area contributed by atoms with Gasteiger partial charge in [0.15, 0.2) is 0 Å². The van der Waals surface area contributed by atoms with E-state index in [9.17, 15) is 0 Å². The highest BCUT2D eigenvalue weighted by atomic mass is 79.9. The van der Waals surface area contributed by atoms with Gasteiger partial charge in [0.2, 0.25) is 0 Å². The number of hydrogen-bond donors (Lipinski definition) is 1. The molecule has 1 N–H and O–H groups in total. The first-order valence-electron chi connectivity index (χ1n) is 5.08. The molecule has 0 bridgehead atoms. The van der Waals surface area contributed by atoms with Crippen molar-refractivity contribution in [3.63, 3.8) is 0 Å². The first-order valence-corrected chi connectivity index (χ1v) is 7.05. The van der Waals surface area contributed by atoms with E-state index < -0.39 is 0 Å². The lowest BCUT2D eigenvalue weighted by Gasteiger charge is -2.08. The van der Waals surface area contributed by atoms with Gasteiger partial charge < -0.3 is 5.32 Å². The highest BCUT2D eigenvalue weighted by Gasteiger charge is 2.00. The van der Waals surface area contributed by atoms with Crippen LogP contribution in [0.5, 0.6) is 0 Å². The Morgan fingerprint density at radius 2 is 1.59 bits per heavy atom. The Morgan fingerprint density at radius 1 is 0.941 bits per heavy atom. The second-order valence-electron chi connectivity index (χ2n) is 3.60. The normalized spacial score (nSPS) is 10.3. The maximum absolute atomic E-state index is 6.14. The van der Waals surface area contributed by atoms with E-state index in [1.165, 1.54) is 0 Å². The third-order valence-corrected chi connectivity index (χ3v) is 3.72. The molecule has 0 fully saturated rings. The molecule has 0 spiro atoms. The van der Waals surface area contributed by atoms with Crippen LogP contribution in [0.3, 0.4) is 0 Å². The van der Waals surface area contributed by atoms with Crippen molar-refractivity contribution in [2.24, 2.45) is 0 Å². The second-order valence-corrected chi connectivity index (χ2v) is 5.83. The lowest BCUT2D eigenvalue weighted by Crippen LogP contribution is -1.99. The molecule has 2 aromatic rings. The molecule has 0 aliphatic carbocycles. The van der Waals surface area contributed by atoms with E-state index in [0.29, 0.717) is 6.54 Å². The van der Waals surface area contributed by atoms with Crippen molar-refractivity contribution in [2.75, 3.05) is 5.32 Å². The molecule has 0 aliphatic heterocycles. The summed E-state index contributed by atoms with van der Waals surface area (Å²) in [6.07, 6.45) is 0. The summed E-state index contributed by atoms with van der Waals surface area (Å²) in [6, 6.07) is 14.0.